The lowest BCUT2D eigenvalue weighted by Gasteiger charge is -2.27. The molecule has 2 heteroatoms. The highest BCUT2D eigenvalue weighted by atomic mass is 16.3. The first-order chi connectivity index (χ1) is 8.10. The molecule has 0 aliphatic heterocycles. The van der Waals surface area contributed by atoms with Gasteiger partial charge in [0.05, 0.1) is 12.2 Å². The van der Waals surface area contributed by atoms with Crippen LogP contribution in [0, 0.1) is 11.8 Å². The molecule has 0 aliphatic rings. The van der Waals surface area contributed by atoms with Gasteiger partial charge in [-0.05, 0) is 18.3 Å². The topological polar surface area (TPSA) is 40.5 Å². The predicted molar refractivity (Wildman–Crippen MR) is 74.0 cm³/mol. The highest BCUT2D eigenvalue weighted by molar-refractivity contribution is 4.76. The van der Waals surface area contributed by atoms with Crippen LogP contribution in [0.15, 0.2) is 0 Å². The summed E-state index contributed by atoms with van der Waals surface area (Å²) >= 11 is 0. The SMILES string of the molecule is CCCCC(CC)CC(O)C(O)C(CC)CC. The lowest BCUT2D eigenvalue weighted by Crippen LogP contribution is -2.34. The average molecular weight is 244 g/mol. The zero-order chi connectivity index (χ0) is 13.3. The summed E-state index contributed by atoms with van der Waals surface area (Å²) in [6.45, 7) is 8.54. The Hall–Kier alpha value is -0.0800. The zero-order valence-electron chi connectivity index (χ0n) is 12.2. The molecular formula is C15H32O2. The van der Waals surface area contributed by atoms with E-state index in [1.165, 1.54) is 19.3 Å². The Morgan fingerprint density at radius 1 is 0.882 bits per heavy atom. The monoisotopic (exact) mass is 244 g/mol. The lowest BCUT2D eigenvalue weighted by atomic mass is 9.86. The summed E-state index contributed by atoms with van der Waals surface area (Å²) in [5, 5.41) is 20.2. The first-order valence-electron chi connectivity index (χ1n) is 7.46. The summed E-state index contributed by atoms with van der Waals surface area (Å²) in [5.74, 6) is 0.808. The van der Waals surface area contributed by atoms with Gasteiger partial charge >= 0.3 is 0 Å². The Balaban J connectivity index is 4.14. The maximum atomic E-state index is 10.1. The largest absolute Gasteiger partial charge is 0.390 e. The van der Waals surface area contributed by atoms with Crippen molar-refractivity contribution in [3.05, 3.63) is 0 Å². The third-order valence-electron chi connectivity index (χ3n) is 4.04. The molecule has 17 heavy (non-hydrogen) atoms. The number of rotatable bonds is 10. The van der Waals surface area contributed by atoms with E-state index in [0.29, 0.717) is 5.92 Å². The maximum absolute atomic E-state index is 10.1. The molecule has 0 saturated heterocycles. The van der Waals surface area contributed by atoms with Crippen LogP contribution < -0.4 is 0 Å². The zero-order valence-corrected chi connectivity index (χ0v) is 12.2. The summed E-state index contributed by atoms with van der Waals surface area (Å²) in [5.41, 5.74) is 0. The minimum Gasteiger partial charge on any atom is -0.390 e. The molecule has 0 radical (unpaired) electrons. The summed E-state index contributed by atoms with van der Waals surface area (Å²) in [6, 6.07) is 0. The Morgan fingerprint density at radius 2 is 1.47 bits per heavy atom. The van der Waals surface area contributed by atoms with Crippen LogP contribution in [0.4, 0.5) is 0 Å². The van der Waals surface area contributed by atoms with Crippen LogP contribution in [0.2, 0.25) is 0 Å². The fourth-order valence-electron chi connectivity index (χ4n) is 2.55. The molecule has 0 amide bonds. The Morgan fingerprint density at radius 3 is 1.88 bits per heavy atom. The Kier molecular flexibility index (Phi) is 9.85. The van der Waals surface area contributed by atoms with Gasteiger partial charge in [0.1, 0.15) is 0 Å². The number of aliphatic hydroxyl groups is 2. The number of unbranched alkanes of at least 4 members (excludes halogenated alkanes) is 1. The molecule has 0 aliphatic carbocycles. The minimum atomic E-state index is -0.541. The van der Waals surface area contributed by atoms with Gasteiger partial charge in [-0.1, -0.05) is 66.2 Å². The van der Waals surface area contributed by atoms with E-state index in [0.717, 1.165) is 25.7 Å². The van der Waals surface area contributed by atoms with Crippen LogP contribution in [0.25, 0.3) is 0 Å². The van der Waals surface area contributed by atoms with Gasteiger partial charge in [0, 0.05) is 0 Å². The van der Waals surface area contributed by atoms with Crippen molar-refractivity contribution in [3.63, 3.8) is 0 Å². The van der Waals surface area contributed by atoms with Crippen LogP contribution in [-0.2, 0) is 0 Å². The number of hydrogen-bond donors (Lipinski definition) is 2. The molecule has 2 nitrogen and oxygen atoms in total. The molecule has 0 rings (SSSR count). The normalized spacial score (nSPS) is 17.1. The van der Waals surface area contributed by atoms with E-state index in [-0.39, 0.29) is 5.92 Å². The Bertz CT molecular complexity index is 166. The van der Waals surface area contributed by atoms with Crippen molar-refractivity contribution in [1.29, 1.82) is 0 Å². The number of aliphatic hydroxyl groups excluding tert-OH is 2. The van der Waals surface area contributed by atoms with Gasteiger partial charge < -0.3 is 10.2 Å². The smallest absolute Gasteiger partial charge is 0.0827 e. The quantitative estimate of drug-likeness (QED) is 0.614. The molecule has 3 unspecified atom stereocenters. The van der Waals surface area contributed by atoms with Crippen LogP contribution >= 0.6 is 0 Å². The fraction of sp³-hybridized carbons (Fsp3) is 1.00. The molecule has 0 aromatic rings. The molecular weight excluding hydrogens is 212 g/mol. The van der Waals surface area contributed by atoms with E-state index in [4.69, 9.17) is 0 Å². The van der Waals surface area contributed by atoms with Gasteiger partial charge in [0.2, 0.25) is 0 Å². The van der Waals surface area contributed by atoms with E-state index in [9.17, 15) is 10.2 Å². The molecule has 3 atom stereocenters. The third-order valence-corrected chi connectivity index (χ3v) is 4.04. The van der Waals surface area contributed by atoms with Gasteiger partial charge in [-0.15, -0.1) is 0 Å². The summed E-state index contributed by atoms with van der Waals surface area (Å²) < 4.78 is 0. The first-order valence-corrected chi connectivity index (χ1v) is 7.46. The van der Waals surface area contributed by atoms with Gasteiger partial charge in [-0.25, -0.2) is 0 Å². The van der Waals surface area contributed by atoms with Crippen molar-refractivity contribution in [2.45, 2.75) is 84.8 Å². The first kappa shape index (κ1) is 16.9. The number of hydrogen-bond acceptors (Lipinski definition) is 2. The maximum Gasteiger partial charge on any atom is 0.0827 e. The third kappa shape index (κ3) is 6.42. The van der Waals surface area contributed by atoms with Crippen molar-refractivity contribution < 1.29 is 10.2 Å². The highest BCUT2D eigenvalue weighted by Gasteiger charge is 2.25. The predicted octanol–water partition coefficient (Wildman–Crippen LogP) is 3.75. The van der Waals surface area contributed by atoms with Crippen molar-refractivity contribution in [2.24, 2.45) is 11.8 Å². The second kappa shape index (κ2) is 9.90. The van der Waals surface area contributed by atoms with E-state index >= 15 is 0 Å². The molecule has 2 N–H and O–H groups in total. The van der Waals surface area contributed by atoms with E-state index in [1.807, 2.05) is 0 Å². The van der Waals surface area contributed by atoms with Crippen molar-refractivity contribution >= 4 is 0 Å². The van der Waals surface area contributed by atoms with Crippen LogP contribution in [-0.4, -0.2) is 22.4 Å². The summed E-state index contributed by atoms with van der Waals surface area (Å²) in [6.07, 6.45) is 6.29. The van der Waals surface area contributed by atoms with Gasteiger partial charge in [-0.3, -0.25) is 0 Å². The van der Waals surface area contributed by atoms with E-state index in [2.05, 4.69) is 27.7 Å². The van der Waals surface area contributed by atoms with Crippen LogP contribution in [0.3, 0.4) is 0 Å². The van der Waals surface area contributed by atoms with Gasteiger partial charge in [-0.2, -0.15) is 0 Å². The Labute approximate surface area is 107 Å². The van der Waals surface area contributed by atoms with Gasteiger partial charge in [0.25, 0.3) is 0 Å². The molecule has 0 heterocycles. The standard InChI is InChI=1S/C15H32O2/c1-5-9-10-12(6-2)11-14(16)15(17)13(7-3)8-4/h12-17H,5-11H2,1-4H3. The average Bonchev–Trinajstić information content (AvgIpc) is 2.35. The van der Waals surface area contributed by atoms with Crippen molar-refractivity contribution in [3.8, 4) is 0 Å². The molecule has 104 valence electrons. The van der Waals surface area contributed by atoms with Crippen molar-refractivity contribution in [2.75, 3.05) is 0 Å². The van der Waals surface area contributed by atoms with Crippen LogP contribution in [0.5, 0.6) is 0 Å². The molecule has 0 aromatic heterocycles. The van der Waals surface area contributed by atoms with Crippen LogP contribution in [0.1, 0.15) is 72.6 Å². The lowest BCUT2D eigenvalue weighted by molar-refractivity contribution is -0.0315. The van der Waals surface area contributed by atoms with Crippen molar-refractivity contribution in [1.82, 2.24) is 0 Å². The fourth-order valence-corrected chi connectivity index (χ4v) is 2.55. The second-order valence-electron chi connectivity index (χ2n) is 5.29. The highest BCUT2D eigenvalue weighted by Crippen LogP contribution is 2.24. The van der Waals surface area contributed by atoms with Gasteiger partial charge in [0.15, 0.2) is 0 Å². The van der Waals surface area contributed by atoms with E-state index in [1.54, 1.807) is 0 Å². The van der Waals surface area contributed by atoms with E-state index < -0.39 is 12.2 Å². The second-order valence-corrected chi connectivity index (χ2v) is 5.29. The molecule has 0 spiro atoms. The molecule has 0 fully saturated rings. The molecule has 0 bridgehead atoms. The minimum absolute atomic E-state index is 0.244. The summed E-state index contributed by atoms with van der Waals surface area (Å²) in [4.78, 5) is 0. The molecule has 0 aromatic carbocycles. The summed E-state index contributed by atoms with van der Waals surface area (Å²) in [7, 11) is 0. The molecule has 0 saturated carbocycles.